The first kappa shape index (κ1) is 15.2. The lowest BCUT2D eigenvalue weighted by Gasteiger charge is -2.21. The van der Waals surface area contributed by atoms with Crippen LogP contribution in [0.2, 0.25) is 0 Å². The molecular weight excluding hydrogens is 198 g/mol. The van der Waals surface area contributed by atoms with E-state index in [-0.39, 0.29) is 0 Å². The fourth-order valence-electron chi connectivity index (χ4n) is 1.77. The number of likely N-dealkylation sites (N-methyl/N-ethyl adjacent to an activating group) is 1. The lowest BCUT2D eigenvalue weighted by molar-refractivity contribution is 0.311. The third kappa shape index (κ3) is 3.34. The van der Waals surface area contributed by atoms with Gasteiger partial charge in [0.2, 0.25) is 0 Å². The molecule has 0 N–H and O–H groups in total. The zero-order valence-corrected chi connectivity index (χ0v) is 12.0. The van der Waals surface area contributed by atoms with Crippen molar-refractivity contribution in [2.75, 3.05) is 13.6 Å². The van der Waals surface area contributed by atoms with Crippen LogP contribution in [0.4, 0.5) is 0 Å². The summed E-state index contributed by atoms with van der Waals surface area (Å²) in [7, 11) is 4.18. The minimum absolute atomic E-state index is 1.06. The summed E-state index contributed by atoms with van der Waals surface area (Å²) in [4.78, 5) is 2.34. The van der Waals surface area contributed by atoms with Gasteiger partial charge >= 0.3 is 0 Å². The molecule has 0 aliphatic carbocycles. The third-order valence-corrected chi connectivity index (χ3v) is 2.70. The van der Waals surface area contributed by atoms with E-state index in [2.05, 4.69) is 24.0 Å². The maximum Gasteiger partial charge on any atom is 0.0685 e. The van der Waals surface area contributed by atoms with E-state index in [1.807, 2.05) is 39.4 Å². The minimum Gasteiger partial charge on any atom is -0.302 e. The summed E-state index contributed by atoms with van der Waals surface area (Å²) in [6.07, 6.45) is 1.10. The van der Waals surface area contributed by atoms with Crippen molar-refractivity contribution in [3.63, 3.8) is 0 Å². The number of aromatic nitrogens is 2. The lowest BCUT2D eigenvalue weighted by Crippen LogP contribution is -2.26. The normalized spacial score (nSPS) is 14.2. The summed E-state index contributed by atoms with van der Waals surface area (Å²) in [5.74, 6) is 0. The molecular formula is C13H27N3. The predicted octanol–water partition coefficient (Wildman–Crippen LogP) is 2.77. The number of aryl methyl sites for hydroxylation is 1. The third-order valence-electron chi connectivity index (χ3n) is 2.70. The summed E-state index contributed by atoms with van der Waals surface area (Å²) < 4.78 is 1.99. The quantitative estimate of drug-likeness (QED) is 0.677. The fourth-order valence-corrected chi connectivity index (χ4v) is 1.77. The molecule has 0 bridgehead atoms. The Kier molecular flexibility index (Phi) is 7.06. The van der Waals surface area contributed by atoms with E-state index >= 15 is 0 Å². The molecule has 3 heteroatoms. The number of hydrogen-bond donors (Lipinski definition) is 0. The van der Waals surface area contributed by atoms with Crippen LogP contribution in [0.3, 0.4) is 0 Å². The monoisotopic (exact) mass is 225 g/mol. The standard InChI is InChI=1S/C9H15N3.2C2H6/c1-7-8-6-11(2)5-4-9(8)10-12(7)3;2*1-2/h4-6H2,1-3H3;2*1-2H3. The first-order chi connectivity index (χ1) is 7.68. The zero-order chi connectivity index (χ0) is 12.7. The van der Waals surface area contributed by atoms with E-state index in [1.54, 1.807) is 0 Å². The second kappa shape index (κ2) is 7.44. The van der Waals surface area contributed by atoms with Crippen LogP contribution in [-0.4, -0.2) is 28.3 Å². The Balaban J connectivity index is 0.000000509. The zero-order valence-electron chi connectivity index (χ0n) is 12.0. The summed E-state index contributed by atoms with van der Waals surface area (Å²) in [5.41, 5.74) is 4.05. The molecule has 1 aliphatic rings. The average Bonchev–Trinajstić information content (AvgIpc) is 2.61. The molecule has 0 saturated heterocycles. The maximum absolute atomic E-state index is 4.48. The molecule has 2 heterocycles. The van der Waals surface area contributed by atoms with Gasteiger partial charge in [-0.1, -0.05) is 27.7 Å². The molecule has 0 unspecified atom stereocenters. The van der Waals surface area contributed by atoms with Crippen LogP contribution in [0, 0.1) is 6.92 Å². The lowest BCUT2D eigenvalue weighted by atomic mass is 10.1. The van der Waals surface area contributed by atoms with Gasteiger partial charge in [-0.25, -0.2) is 0 Å². The molecule has 0 fully saturated rings. The van der Waals surface area contributed by atoms with Crippen LogP contribution in [0.25, 0.3) is 0 Å². The number of rotatable bonds is 0. The molecule has 0 saturated carbocycles. The van der Waals surface area contributed by atoms with Gasteiger partial charge in [0.25, 0.3) is 0 Å². The first-order valence-electron chi connectivity index (χ1n) is 6.38. The van der Waals surface area contributed by atoms with Gasteiger partial charge in [-0.3, -0.25) is 4.68 Å². The topological polar surface area (TPSA) is 21.1 Å². The highest BCUT2D eigenvalue weighted by molar-refractivity contribution is 5.27. The summed E-state index contributed by atoms with van der Waals surface area (Å²) in [6.45, 7) is 12.4. The van der Waals surface area contributed by atoms with Gasteiger partial charge in [-0.2, -0.15) is 5.10 Å². The van der Waals surface area contributed by atoms with Gasteiger partial charge in [-0.15, -0.1) is 0 Å². The largest absolute Gasteiger partial charge is 0.302 e. The second-order valence-electron chi connectivity index (χ2n) is 3.62. The molecule has 16 heavy (non-hydrogen) atoms. The molecule has 3 nitrogen and oxygen atoms in total. The molecule has 0 amide bonds. The highest BCUT2D eigenvalue weighted by Gasteiger charge is 2.18. The highest BCUT2D eigenvalue weighted by atomic mass is 15.3. The number of fused-ring (bicyclic) bond motifs is 1. The Morgan fingerprint density at radius 2 is 1.62 bits per heavy atom. The fraction of sp³-hybridized carbons (Fsp3) is 0.769. The van der Waals surface area contributed by atoms with Crippen molar-refractivity contribution < 1.29 is 0 Å². The van der Waals surface area contributed by atoms with E-state index in [0.29, 0.717) is 0 Å². The predicted molar refractivity (Wildman–Crippen MR) is 70.7 cm³/mol. The van der Waals surface area contributed by atoms with Gasteiger partial charge in [-0.05, 0) is 14.0 Å². The van der Waals surface area contributed by atoms with Crippen molar-refractivity contribution in [2.24, 2.45) is 7.05 Å². The molecule has 1 aromatic heterocycles. The number of nitrogens with zero attached hydrogens (tertiary/aromatic N) is 3. The summed E-state index contributed by atoms with van der Waals surface area (Å²) in [5, 5.41) is 4.48. The van der Waals surface area contributed by atoms with Gasteiger partial charge in [0.15, 0.2) is 0 Å². The van der Waals surface area contributed by atoms with E-state index in [0.717, 1.165) is 19.5 Å². The Morgan fingerprint density at radius 3 is 2.19 bits per heavy atom. The maximum atomic E-state index is 4.48. The minimum atomic E-state index is 1.06. The SMILES string of the molecule is CC.CC.Cc1c2c(nn1C)CCN(C)C2. The second-order valence-corrected chi connectivity index (χ2v) is 3.62. The van der Waals surface area contributed by atoms with Crippen LogP contribution in [0.15, 0.2) is 0 Å². The van der Waals surface area contributed by atoms with Crippen molar-refractivity contribution in [3.8, 4) is 0 Å². The van der Waals surface area contributed by atoms with Crippen molar-refractivity contribution in [3.05, 3.63) is 17.0 Å². The van der Waals surface area contributed by atoms with Crippen LogP contribution in [-0.2, 0) is 20.0 Å². The molecule has 0 atom stereocenters. The molecule has 2 rings (SSSR count). The van der Waals surface area contributed by atoms with Crippen LogP contribution in [0.1, 0.15) is 44.6 Å². The Morgan fingerprint density at radius 1 is 1.06 bits per heavy atom. The highest BCUT2D eigenvalue weighted by Crippen LogP contribution is 2.19. The molecule has 1 aromatic rings. The van der Waals surface area contributed by atoms with Crippen LogP contribution >= 0.6 is 0 Å². The smallest absolute Gasteiger partial charge is 0.0685 e. The van der Waals surface area contributed by atoms with E-state index in [9.17, 15) is 0 Å². The number of hydrogen-bond acceptors (Lipinski definition) is 2. The molecule has 0 aromatic carbocycles. The van der Waals surface area contributed by atoms with Gasteiger partial charge in [0.1, 0.15) is 0 Å². The molecule has 0 radical (unpaired) electrons. The Bertz CT molecular complexity index is 302. The van der Waals surface area contributed by atoms with Gasteiger partial charge in [0, 0.05) is 37.8 Å². The van der Waals surface area contributed by atoms with Crippen molar-refractivity contribution in [2.45, 2.75) is 47.6 Å². The van der Waals surface area contributed by atoms with Crippen LogP contribution < -0.4 is 0 Å². The van der Waals surface area contributed by atoms with Crippen molar-refractivity contribution >= 4 is 0 Å². The van der Waals surface area contributed by atoms with E-state index in [1.165, 1.54) is 17.0 Å². The van der Waals surface area contributed by atoms with E-state index < -0.39 is 0 Å². The van der Waals surface area contributed by atoms with Crippen LogP contribution in [0.5, 0.6) is 0 Å². The molecule has 0 spiro atoms. The van der Waals surface area contributed by atoms with Gasteiger partial charge < -0.3 is 4.90 Å². The van der Waals surface area contributed by atoms with Crippen molar-refractivity contribution in [1.29, 1.82) is 0 Å². The summed E-state index contributed by atoms with van der Waals surface area (Å²) in [6, 6.07) is 0. The van der Waals surface area contributed by atoms with E-state index in [4.69, 9.17) is 0 Å². The summed E-state index contributed by atoms with van der Waals surface area (Å²) >= 11 is 0. The van der Waals surface area contributed by atoms with Gasteiger partial charge in [0.05, 0.1) is 5.69 Å². The van der Waals surface area contributed by atoms with Crippen molar-refractivity contribution in [1.82, 2.24) is 14.7 Å². The molecule has 94 valence electrons. The molecule has 1 aliphatic heterocycles. The first-order valence-corrected chi connectivity index (χ1v) is 6.38. The Labute approximate surface area is 100 Å². The average molecular weight is 225 g/mol. The Hall–Kier alpha value is -0.830.